The Morgan fingerprint density at radius 2 is 1.47 bits per heavy atom. The summed E-state index contributed by atoms with van der Waals surface area (Å²) in [5.74, 6) is 1.39. The van der Waals surface area contributed by atoms with Gasteiger partial charge in [-0.3, -0.25) is 14.8 Å². The van der Waals surface area contributed by atoms with E-state index in [9.17, 15) is 5.11 Å². The van der Waals surface area contributed by atoms with Gasteiger partial charge in [-0.25, -0.2) is 0 Å². The summed E-state index contributed by atoms with van der Waals surface area (Å²) in [5, 5.41) is 11.6. The summed E-state index contributed by atoms with van der Waals surface area (Å²) in [6, 6.07) is 29.2. The Labute approximate surface area is 212 Å². The number of benzene rings is 3. The van der Waals surface area contributed by atoms with Gasteiger partial charge in [-0.1, -0.05) is 66.7 Å². The van der Waals surface area contributed by atoms with Crippen LogP contribution in [0.4, 0.5) is 0 Å². The summed E-state index contributed by atoms with van der Waals surface area (Å²) in [6.07, 6.45) is 1.13. The molecule has 186 valence electrons. The zero-order valence-electron chi connectivity index (χ0n) is 20.7. The zero-order valence-corrected chi connectivity index (χ0v) is 20.7. The Kier molecular flexibility index (Phi) is 7.76. The number of pyridine rings is 1. The first-order chi connectivity index (χ1) is 17.7. The van der Waals surface area contributed by atoms with Gasteiger partial charge in [0.1, 0.15) is 24.2 Å². The van der Waals surface area contributed by atoms with Gasteiger partial charge in [0.05, 0.1) is 24.1 Å². The minimum absolute atomic E-state index is 0.216. The van der Waals surface area contributed by atoms with Crippen molar-refractivity contribution in [3.8, 4) is 11.5 Å². The Morgan fingerprint density at radius 1 is 0.806 bits per heavy atom. The number of rotatable bonds is 9. The third kappa shape index (κ3) is 5.51. The number of fused-ring (bicyclic) bond motifs is 1. The molecule has 0 bridgehead atoms. The van der Waals surface area contributed by atoms with E-state index >= 15 is 0 Å². The third-order valence-electron chi connectivity index (χ3n) is 6.81. The number of hydrogen-bond acceptors (Lipinski definition) is 6. The molecule has 36 heavy (non-hydrogen) atoms. The molecule has 0 amide bonds. The summed E-state index contributed by atoms with van der Waals surface area (Å²) in [6.45, 7) is 4.48. The van der Waals surface area contributed by atoms with Gasteiger partial charge in [-0.2, -0.15) is 0 Å². The Morgan fingerprint density at radius 3 is 2.11 bits per heavy atom. The van der Waals surface area contributed by atoms with Crippen molar-refractivity contribution in [3.05, 3.63) is 102 Å². The van der Waals surface area contributed by atoms with Gasteiger partial charge in [-0.15, -0.1) is 0 Å². The van der Waals surface area contributed by atoms with E-state index in [0.717, 1.165) is 37.1 Å². The van der Waals surface area contributed by atoms with Crippen molar-refractivity contribution in [2.75, 3.05) is 46.4 Å². The molecule has 1 atom stereocenters. The quantitative estimate of drug-likeness (QED) is 0.381. The van der Waals surface area contributed by atoms with E-state index in [1.807, 2.05) is 24.3 Å². The molecule has 0 aliphatic carbocycles. The van der Waals surface area contributed by atoms with Crippen LogP contribution in [0.2, 0.25) is 0 Å². The maximum absolute atomic E-state index is 10.8. The van der Waals surface area contributed by atoms with Crippen molar-refractivity contribution >= 4 is 10.9 Å². The Bertz CT molecular complexity index is 1200. The first kappa shape index (κ1) is 24.3. The highest BCUT2D eigenvalue weighted by Crippen LogP contribution is 2.33. The summed E-state index contributed by atoms with van der Waals surface area (Å²) in [5.41, 5.74) is 3.43. The second-order valence-corrected chi connectivity index (χ2v) is 9.19. The number of aliphatic hydroxyl groups is 1. The van der Waals surface area contributed by atoms with E-state index in [4.69, 9.17) is 9.47 Å². The average Bonchev–Trinajstić information content (AvgIpc) is 2.94. The van der Waals surface area contributed by atoms with Gasteiger partial charge >= 0.3 is 0 Å². The summed E-state index contributed by atoms with van der Waals surface area (Å²) in [4.78, 5) is 9.26. The van der Waals surface area contributed by atoms with E-state index in [2.05, 4.69) is 75.4 Å². The number of β-amino-alcohol motifs (C(OH)–C–C–N with tert-alkyl or cyclic N) is 1. The van der Waals surface area contributed by atoms with Gasteiger partial charge in [0.2, 0.25) is 0 Å². The second kappa shape index (κ2) is 11.5. The monoisotopic (exact) mass is 483 g/mol. The van der Waals surface area contributed by atoms with Gasteiger partial charge in [0.15, 0.2) is 0 Å². The number of aromatic nitrogens is 1. The lowest BCUT2D eigenvalue weighted by Gasteiger charge is -2.40. The van der Waals surface area contributed by atoms with Gasteiger partial charge in [0, 0.05) is 38.9 Å². The highest BCUT2D eigenvalue weighted by Gasteiger charge is 2.27. The Hall–Kier alpha value is -3.45. The molecule has 6 nitrogen and oxygen atoms in total. The van der Waals surface area contributed by atoms with E-state index in [1.165, 1.54) is 11.1 Å². The minimum Gasteiger partial charge on any atom is -0.496 e. The molecular weight excluding hydrogens is 450 g/mol. The van der Waals surface area contributed by atoms with Crippen LogP contribution in [0.25, 0.3) is 10.9 Å². The minimum atomic E-state index is -0.589. The van der Waals surface area contributed by atoms with Crippen LogP contribution >= 0.6 is 0 Å². The molecular formula is C30H33N3O3. The standard InChI is InChI=1S/C30H33N3O3/c1-35-27-15-16-31-26-13-8-14-28(29(26)27)36-22-25(34)21-32-17-19-33(20-18-32)30(23-9-4-2-5-10-23)24-11-6-3-7-12-24/h2-16,25,30,34H,17-22H2,1H3. The van der Waals surface area contributed by atoms with Crippen molar-refractivity contribution < 1.29 is 14.6 Å². The summed E-state index contributed by atoms with van der Waals surface area (Å²) in [7, 11) is 1.64. The normalized spacial score (nSPS) is 15.8. The van der Waals surface area contributed by atoms with Gasteiger partial charge in [-0.05, 0) is 29.3 Å². The van der Waals surface area contributed by atoms with Crippen LogP contribution in [-0.2, 0) is 0 Å². The van der Waals surface area contributed by atoms with Crippen molar-refractivity contribution in [2.45, 2.75) is 12.1 Å². The SMILES string of the molecule is COc1ccnc2cccc(OCC(O)CN3CCN(C(c4ccccc4)c4ccccc4)CC3)c12. The van der Waals surface area contributed by atoms with Crippen LogP contribution in [-0.4, -0.2) is 72.4 Å². The summed E-state index contributed by atoms with van der Waals surface area (Å²) >= 11 is 0. The fraction of sp³-hybridized carbons (Fsp3) is 0.300. The number of hydrogen-bond donors (Lipinski definition) is 1. The topological polar surface area (TPSA) is 58.1 Å². The highest BCUT2D eigenvalue weighted by molar-refractivity contribution is 5.90. The lowest BCUT2D eigenvalue weighted by atomic mass is 9.96. The lowest BCUT2D eigenvalue weighted by Crippen LogP contribution is -2.50. The van der Waals surface area contributed by atoms with Crippen LogP contribution in [0, 0.1) is 0 Å². The molecule has 1 aromatic heterocycles. The second-order valence-electron chi connectivity index (χ2n) is 9.19. The van der Waals surface area contributed by atoms with Crippen LogP contribution in [0.15, 0.2) is 91.1 Å². The molecule has 1 N–H and O–H groups in total. The van der Waals surface area contributed by atoms with E-state index in [-0.39, 0.29) is 12.6 Å². The molecule has 2 heterocycles. The van der Waals surface area contributed by atoms with E-state index < -0.39 is 6.10 Å². The van der Waals surface area contributed by atoms with E-state index in [0.29, 0.717) is 18.0 Å². The molecule has 1 saturated heterocycles. The molecule has 1 aliphatic heterocycles. The molecule has 1 aliphatic rings. The molecule has 1 fully saturated rings. The van der Waals surface area contributed by atoms with Crippen LogP contribution in [0.1, 0.15) is 17.2 Å². The van der Waals surface area contributed by atoms with Crippen molar-refractivity contribution in [2.24, 2.45) is 0 Å². The van der Waals surface area contributed by atoms with Crippen molar-refractivity contribution in [3.63, 3.8) is 0 Å². The number of aliphatic hydroxyl groups excluding tert-OH is 1. The fourth-order valence-electron chi connectivity index (χ4n) is 5.06. The van der Waals surface area contributed by atoms with Gasteiger partial charge in [0.25, 0.3) is 0 Å². The molecule has 1 unspecified atom stereocenters. The predicted molar refractivity (Wildman–Crippen MR) is 143 cm³/mol. The molecule has 0 saturated carbocycles. The number of piperazine rings is 1. The third-order valence-corrected chi connectivity index (χ3v) is 6.81. The number of nitrogens with zero attached hydrogens (tertiary/aromatic N) is 3. The van der Waals surface area contributed by atoms with Crippen molar-refractivity contribution in [1.82, 2.24) is 14.8 Å². The fourth-order valence-corrected chi connectivity index (χ4v) is 5.06. The number of ether oxygens (including phenoxy) is 2. The van der Waals surface area contributed by atoms with Crippen LogP contribution in [0.5, 0.6) is 11.5 Å². The first-order valence-corrected chi connectivity index (χ1v) is 12.5. The van der Waals surface area contributed by atoms with E-state index in [1.54, 1.807) is 13.3 Å². The lowest BCUT2D eigenvalue weighted by molar-refractivity contribution is 0.0403. The van der Waals surface area contributed by atoms with Crippen LogP contribution in [0.3, 0.4) is 0 Å². The zero-order chi connectivity index (χ0) is 24.7. The smallest absolute Gasteiger partial charge is 0.133 e. The maximum atomic E-state index is 10.8. The highest BCUT2D eigenvalue weighted by atomic mass is 16.5. The summed E-state index contributed by atoms with van der Waals surface area (Å²) < 4.78 is 11.5. The maximum Gasteiger partial charge on any atom is 0.133 e. The number of methoxy groups -OCH3 is 1. The Balaban J connectivity index is 1.19. The first-order valence-electron chi connectivity index (χ1n) is 12.5. The molecule has 4 aromatic rings. The molecule has 3 aromatic carbocycles. The molecule has 0 spiro atoms. The molecule has 6 heteroatoms. The van der Waals surface area contributed by atoms with Gasteiger partial charge < -0.3 is 14.6 Å². The largest absolute Gasteiger partial charge is 0.496 e. The van der Waals surface area contributed by atoms with Crippen LogP contribution < -0.4 is 9.47 Å². The predicted octanol–water partition coefficient (Wildman–Crippen LogP) is 4.39. The molecule has 5 rings (SSSR count). The van der Waals surface area contributed by atoms with Crippen molar-refractivity contribution in [1.29, 1.82) is 0 Å². The molecule has 0 radical (unpaired) electrons. The average molecular weight is 484 g/mol.